The molecule has 0 saturated heterocycles. The zero-order chi connectivity index (χ0) is 28.5. The number of hydrogen-bond donors (Lipinski definition) is 3. The molecule has 0 radical (unpaired) electrons. The molecule has 0 aliphatic carbocycles. The van der Waals surface area contributed by atoms with E-state index in [0.717, 1.165) is 5.39 Å². The summed E-state index contributed by atoms with van der Waals surface area (Å²) in [5, 5.41) is 14.6. The number of benzene rings is 1. The number of nitrogens with zero attached hydrogens (tertiary/aromatic N) is 3. The molecule has 0 saturated carbocycles. The summed E-state index contributed by atoms with van der Waals surface area (Å²) in [4.78, 5) is 25.4. The van der Waals surface area contributed by atoms with Crippen LogP contribution >= 0.6 is 0 Å². The predicted octanol–water partition coefficient (Wildman–Crippen LogP) is 4.79. The van der Waals surface area contributed by atoms with Gasteiger partial charge in [0, 0.05) is 36.1 Å². The third-order valence-electron chi connectivity index (χ3n) is 5.55. The van der Waals surface area contributed by atoms with Gasteiger partial charge in [0.05, 0.1) is 51.5 Å². The minimum absolute atomic E-state index is 0.0301. The fourth-order valence-electron chi connectivity index (χ4n) is 3.62. The summed E-state index contributed by atoms with van der Waals surface area (Å²) in [5.41, 5.74) is 0.819. The lowest BCUT2D eigenvalue weighted by Crippen LogP contribution is -2.25. The van der Waals surface area contributed by atoms with Gasteiger partial charge in [0.2, 0.25) is 0 Å². The number of anilines is 2. The molecule has 1 aromatic carbocycles. The average molecular weight is 545 g/mol. The monoisotopic (exact) mass is 544 g/mol. The Balaban J connectivity index is 1.45. The van der Waals surface area contributed by atoms with Crippen LogP contribution in [0.15, 0.2) is 73.1 Å². The molecule has 4 aromatic rings. The molecule has 12 nitrogen and oxygen atoms in total. The highest BCUT2D eigenvalue weighted by atomic mass is 16.5. The lowest BCUT2D eigenvalue weighted by Gasteiger charge is -2.13. The van der Waals surface area contributed by atoms with Gasteiger partial charge in [-0.3, -0.25) is 20.2 Å². The van der Waals surface area contributed by atoms with E-state index in [2.05, 4.69) is 25.6 Å². The van der Waals surface area contributed by atoms with E-state index in [9.17, 15) is 4.79 Å². The van der Waals surface area contributed by atoms with E-state index in [1.807, 2.05) is 0 Å². The zero-order valence-electron chi connectivity index (χ0n) is 22.3. The Morgan fingerprint density at radius 3 is 2.38 bits per heavy atom. The molecule has 12 heteroatoms. The van der Waals surface area contributed by atoms with Crippen molar-refractivity contribution in [2.24, 2.45) is 0 Å². The van der Waals surface area contributed by atoms with Crippen molar-refractivity contribution in [3.05, 3.63) is 73.1 Å². The van der Waals surface area contributed by atoms with E-state index in [-0.39, 0.29) is 18.2 Å². The van der Waals surface area contributed by atoms with Crippen LogP contribution in [-0.2, 0) is 9.53 Å². The first kappa shape index (κ1) is 27.6. The molecule has 0 atom stereocenters. The Labute approximate surface area is 230 Å². The fraction of sp³-hybridized carbons (Fsp3) is 0.179. The van der Waals surface area contributed by atoms with Crippen LogP contribution in [0, 0.1) is 5.41 Å². The summed E-state index contributed by atoms with van der Waals surface area (Å²) in [5.74, 6) is 2.16. The van der Waals surface area contributed by atoms with Gasteiger partial charge >= 0.3 is 0 Å². The number of hydrogen-bond acceptors (Lipinski definition) is 11. The van der Waals surface area contributed by atoms with E-state index in [1.54, 1.807) is 76.1 Å². The Bertz CT molecular complexity index is 1540. The van der Waals surface area contributed by atoms with Crippen molar-refractivity contribution in [3.63, 3.8) is 0 Å². The van der Waals surface area contributed by atoms with E-state index < -0.39 is 11.6 Å². The topological polar surface area (TPSA) is 150 Å². The molecular weight excluding hydrogens is 516 g/mol. The van der Waals surface area contributed by atoms with Crippen LogP contribution in [0.25, 0.3) is 10.9 Å². The smallest absolute Gasteiger partial charge is 0.278 e. The normalized spacial score (nSPS) is 10.9. The summed E-state index contributed by atoms with van der Waals surface area (Å²) in [7, 11) is 4.64. The second-order valence-corrected chi connectivity index (χ2v) is 8.01. The van der Waals surface area contributed by atoms with Crippen molar-refractivity contribution in [1.82, 2.24) is 15.0 Å². The molecule has 1 amide bonds. The number of fused-ring (bicyclic) bond motifs is 1. The Kier molecular flexibility index (Phi) is 8.92. The number of aromatic nitrogens is 3. The van der Waals surface area contributed by atoms with Gasteiger partial charge < -0.3 is 34.3 Å². The molecule has 0 bridgehead atoms. The molecule has 0 fully saturated rings. The fourth-order valence-corrected chi connectivity index (χ4v) is 3.62. The second-order valence-electron chi connectivity index (χ2n) is 8.01. The Morgan fingerprint density at radius 2 is 1.68 bits per heavy atom. The first-order chi connectivity index (χ1) is 19.5. The Morgan fingerprint density at radius 1 is 0.925 bits per heavy atom. The summed E-state index contributed by atoms with van der Waals surface area (Å²) in [6, 6.07) is 10.2. The summed E-state index contributed by atoms with van der Waals surface area (Å²) in [6.07, 6.45) is 7.63. The number of nitrogens with one attached hydrogen (secondary N) is 3. The quantitative estimate of drug-likeness (QED) is 0.168. The van der Waals surface area contributed by atoms with Crippen LogP contribution in [-0.4, -0.2) is 54.5 Å². The highest BCUT2D eigenvalue weighted by Crippen LogP contribution is 2.36. The largest absolute Gasteiger partial charge is 0.494 e. The minimum Gasteiger partial charge on any atom is -0.494 e. The number of carbonyl (C=O) groups is 1. The van der Waals surface area contributed by atoms with Crippen LogP contribution in [0.1, 0.15) is 6.92 Å². The SMILES string of the molecule is CCO/C(=C/Nc1cnccc1OC)C(=N)C(=O)Nc1ccc(Oc2ccnc3cc(OC)c(OC)cc23)cn1. The molecule has 206 valence electrons. The number of ether oxygens (including phenoxy) is 5. The van der Waals surface area contributed by atoms with E-state index in [4.69, 9.17) is 29.1 Å². The van der Waals surface area contributed by atoms with Gasteiger partial charge in [0.15, 0.2) is 23.0 Å². The maximum absolute atomic E-state index is 12.8. The summed E-state index contributed by atoms with van der Waals surface area (Å²) >= 11 is 0. The van der Waals surface area contributed by atoms with Crippen molar-refractivity contribution in [2.45, 2.75) is 6.92 Å². The number of methoxy groups -OCH3 is 3. The summed E-state index contributed by atoms with van der Waals surface area (Å²) in [6.45, 7) is 2.00. The molecular formula is C28H28N6O6. The highest BCUT2D eigenvalue weighted by Gasteiger charge is 2.18. The number of carbonyl (C=O) groups excluding carboxylic acids is 1. The molecule has 0 unspecified atom stereocenters. The van der Waals surface area contributed by atoms with E-state index in [0.29, 0.717) is 40.0 Å². The minimum atomic E-state index is -0.706. The first-order valence-corrected chi connectivity index (χ1v) is 12.1. The maximum Gasteiger partial charge on any atom is 0.278 e. The van der Waals surface area contributed by atoms with Gasteiger partial charge in [0.1, 0.15) is 23.1 Å². The summed E-state index contributed by atoms with van der Waals surface area (Å²) < 4.78 is 27.5. The number of pyridine rings is 3. The predicted molar refractivity (Wildman–Crippen MR) is 150 cm³/mol. The third kappa shape index (κ3) is 6.35. The van der Waals surface area contributed by atoms with Gasteiger partial charge in [0.25, 0.3) is 5.91 Å². The van der Waals surface area contributed by atoms with Crippen LogP contribution < -0.4 is 29.6 Å². The van der Waals surface area contributed by atoms with Gasteiger partial charge in [-0.1, -0.05) is 0 Å². The molecule has 4 rings (SSSR count). The molecule has 3 N–H and O–H groups in total. The molecule has 3 aromatic heterocycles. The molecule has 0 aliphatic heterocycles. The van der Waals surface area contributed by atoms with Crippen LogP contribution in [0.2, 0.25) is 0 Å². The van der Waals surface area contributed by atoms with Crippen LogP contribution in [0.3, 0.4) is 0 Å². The zero-order valence-corrected chi connectivity index (χ0v) is 22.3. The lowest BCUT2D eigenvalue weighted by atomic mass is 10.2. The van der Waals surface area contributed by atoms with Crippen LogP contribution in [0.5, 0.6) is 28.7 Å². The van der Waals surface area contributed by atoms with Crippen molar-refractivity contribution >= 4 is 34.0 Å². The lowest BCUT2D eigenvalue weighted by molar-refractivity contribution is -0.110. The molecule has 0 aliphatic rings. The van der Waals surface area contributed by atoms with Crippen molar-refractivity contribution < 1.29 is 28.5 Å². The van der Waals surface area contributed by atoms with Crippen molar-refractivity contribution in [3.8, 4) is 28.7 Å². The van der Waals surface area contributed by atoms with Gasteiger partial charge in [-0.15, -0.1) is 0 Å². The second kappa shape index (κ2) is 12.9. The van der Waals surface area contributed by atoms with E-state index >= 15 is 0 Å². The average Bonchev–Trinajstić information content (AvgIpc) is 2.99. The van der Waals surface area contributed by atoms with Gasteiger partial charge in [-0.2, -0.15) is 0 Å². The van der Waals surface area contributed by atoms with Crippen molar-refractivity contribution in [1.29, 1.82) is 5.41 Å². The highest BCUT2D eigenvalue weighted by molar-refractivity contribution is 6.47. The third-order valence-corrected chi connectivity index (χ3v) is 5.55. The van der Waals surface area contributed by atoms with E-state index in [1.165, 1.54) is 19.5 Å². The van der Waals surface area contributed by atoms with Crippen LogP contribution in [0.4, 0.5) is 11.5 Å². The van der Waals surface area contributed by atoms with Crippen molar-refractivity contribution in [2.75, 3.05) is 38.6 Å². The number of amides is 1. The van der Waals surface area contributed by atoms with Gasteiger partial charge in [-0.25, -0.2) is 4.98 Å². The molecule has 3 heterocycles. The standard InChI is InChI=1S/C28H28N6O6/c1-5-39-25(16-32-20-15-30-10-8-22(20)36-2)27(29)28(35)34-26-7-6-17(14-33-26)40-21-9-11-31-19-13-24(38-4)23(37-3)12-18(19)21/h6-16,29,32H,5H2,1-4H3,(H,33,34,35)/b25-16+,29-27?. The Hall–Kier alpha value is -5.39. The number of rotatable bonds is 12. The van der Waals surface area contributed by atoms with Gasteiger partial charge in [-0.05, 0) is 31.2 Å². The maximum atomic E-state index is 12.8. The molecule has 40 heavy (non-hydrogen) atoms. The first-order valence-electron chi connectivity index (χ1n) is 12.1. The molecule has 0 spiro atoms.